The van der Waals surface area contributed by atoms with Crippen LogP contribution < -0.4 is 10.6 Å². The van der Waals surface area contributed by atoms with Gasteiger partial charge in [0.2, 0.25) is 11.8 Å². The lowest BCUT2D eigenvalue weighted by molar-refractivity contribution is -0.126. The average molecular weight is 312 g/mol. The molecule has 5 heteroatoms. The van der Waals surface area contributed by atoms with E-state index in [0.29, 0.717) is 12.8 Å². The summed E-state index contributed by atoms with van der Waals surface area (Å²) >= 11 is 0. The summed E-state index contributed by atoms with van der Waals surface area (Å²) < 4.78 is 0. The van der Waals surface area contributed by atoms with Gasteiger partial charge in [-0.15, -0.1) is 0 Å². The quantitative estimate of drug-likeness (QED) is 0.720. The van der Waals surface area contributed by atoms with Crippen molar-refractivity contribution in [2.75, 3.05) is 0 Å². The van der Waals surface area contributed by atoms with Crippen molar-refractivity contribution in [1.82, 2.24) is 10.6 Å². The van der Waals surface area contributed by atoms with E-state index in [1.165, 1.54) is 0 Å². The van der Waals surface area contributed by atoms with Crippen molar-refractivity contribution in [3.8, 4) is 0 Å². The molecule has 22 heavy (non-hydrogen) atoms. The van der Waals surface area contributed by atoms with Crippen LogP contribution >= 0.6 is 0 Å². The molecule has 0 aliphatic carbocycles. The molecule has 4 amide bonds. The number of hydrogen-bond donors (Lipinski definition) is 2. The van der Waals surface area contributed by atoms with Crippen LogP contribution in [-0.4, -0.2) is 17.8 Å². The van der Waals surface area contributed by atoms with Crippen molar-refractivity contribution >= 4 is 17.8 Å². The van der Waals surface area contributed by atoms with E-state index in [2.05, 4.69) is 10.6 Å². The van der Waals surface area contributed by atoms with Crippen molar-refractivity contribution in [1.29, 1.82) is 0 Å². The Morgan fingerprint density at radius 3 is 1.23 bits per heavy atom. The minimum absolute atomic E-state index is 0.206. The van der Waals surface area contributed by atoms with Crippen molar-refractivity contribution in [3.63, 3.8) is 0 Å². The molecule has 0 saturated carbocycles. The minimum Gasteiger partial charge on any atom is -0.278 e. The molecule has 0 aromatic rings. The van der Waals surface area contributed by atoms with Gasteiger partial charge in [-0.2, -0.15) is 0 Å². The summed E-state index contributed by atoms with van der Waals surface area (Å²) in [6, 6.07) is -0.710. The number of rotatable bonds is 8. The smallest absolute Gasteiger partial charge is 0.278 e. The molecule has 128 valence electrons. The van der Waals surface area contributed by atoms with Crippen LogP contribution in [0.5, 0.6) is 0 Å². The van der Waals surface area contributed by atoms with E-state index in [1.54, 1.807) is 0 Å². The number of carbonyl (C=O) groups excluding carboxylic acids is 3. The Balaban J connectivity index is 4.61. The maximum Gasteiger partial charge on any atom is 0.328 e. The highest BCUT2D eigenvalue weighted by Gasteiger charge is 2.27. The summed E-state index contributed by atoms with van der Waals surface area (Å²) in [6.45, 7) is 11.9. The first kappa shape index (κ1) is 20.6. The summed E-state index contributed by atoms with van der Waals surface area (Å²) in [4.78, 5) is 36.1. The second-order valence-electron chi connectivity index (χ2n) is 6.11. The molecule has 0 rings (SSSR count). The molecule has 0 fully saturated rings. The summed E-state index contributed by atoms with van der Waals surface area (Å²) in [5.41, 5.74) is 0. The standard InChI is InChI=1S/C17H32N2O3/c1-7-11(5)13(9-3)15(20)18-17(22)19-16(21)14(10-4)12(6)8-2/h11-14H,7-10H2,1-6H3,(H2,18,19,20,21,22)/t11-,12+,13-,14-/m0/s1. The molecule has 0 aromatic heterocycles. The van der Waals surface area contributed by atoms with Crippen LogP contribution in [0, 0.1) is 23.7 Å². The molecule has 0 aliphatic heterocycles. The Morgan fingerprint density at radius 2 is 1.00 bits per heavy atom. The van der Waals surface area contributed by atoms with Crippen molar-refractivity contribution in [2.45, 2.75) is 67.2 Å². The summed E-state index contributed by atoms with van der Waals surface area (Å²) in [7, 11) is 0. The first-order chi connectivity index (χ1) is 10.3. The van der Waals surface area contributed by atoms with Crippen LogP contribution in [0.3, 0.4) is 0 Å². The highest BCUT2D eigenvalue weighted by atomic mass is 16.2. The van der Waals surface area contributed by atoms with Gasteiger partial charge in [0.25, 0.3) is 0 Å². The zero-order valence-corrected chi connectivity index (χ0v) is 14.9. The molecule has 5 nitrogen and oxygen atoms in total. The fraction of sp³-hybridized carbons (Fsp3) is 0.824. The van der Waals surface area contributed by atoms with Crippen LogP contribution in [0.2, 0.25) is 0 Å². The van der Waals surface area contributed by atoms with Gasteiger partial charge in [0.15, 0.2) is 0 Å². The molecular weight excluding hydrogens is 280 g/mol. The van der Waals surface area contributed by atoms with Gasteiger partial charge in [-0.25, -0.2) is 4.79 Å². The Kier molecular flexibility index (Phi) is 9.70. The normalized spacial score (nSPS) is 16.3. The van der Waals surface area contributed by atoms with Crippen molar-refractivity contribution in [3.05, 3.63) is 0 Å². The number of carbonyl (C=O) groups is 3. The van der Waals surface area contributed by atoms with E-state index in [9.17, 15) is 14.4 Å². The molecule has 0 aromatic carbocycles. The van der Waals surface area contributed by atoms with Gasteiger partial charge in [-0.05, 0) is 24.7 Å². The van der Waals surface area contributed by atoms with Gasteiger partial charge in [0.1, 0.15) is 0 Å². The van der Waals surface area contributed by atoms with E-state index in [4.69, 9.17) is 0 Å². The Labute approximate surface area is 134 Å². The SMILES string of the molecule is CC[C@@H](C)[C@H](CC)C(=O)NC(=O)NC(=O)[C@@H](CC)[C@@H](C)CC. The van der Waals surface area contributed by atoms with Crippen LogP contribution in [-0.2, 0) is 9.59 Å². The second kappa shape index (κ2) is 10.4. The van der Waals surface area contributed by atoms with E-state index in [1.807, 2.05) is 41.5 Å². The van der Waals surface area contributed by atoms with Gasteiger partial charge in [-0.1, -0.05) is 54.4 Å². The lowest BCUT2D eigenvalue weighted by Crippen LogP contribution is -2.48. The van der Waals surface area contributed by atoms with Crippen LogP contribution in [0.15, 0.2) is 0 Å². The van der Waals surface area contributed by atoms with Crippen molar-refractivity contribution < 1.29 is 14.4 Å². The third kappa shape index (κ3) is 6.16. The molecule has 0 aliphatic rings. The zero-order valence-electron chi connectivity index (χ0n) is 14.9. The van der Waals surface area contributed by atoms with Gasteiger partial charge in [0, 0.05) is 11.8 Å². The molecule has 0 radical (unpaired) electrons. The number of nitrogens with one attached hydrogen (secondary N) is 2. The van der Waals surface area contributed by atoms with Crippen molar-refractivity contribution in [2.24, 2.45) is 23.7 Å². The first-order valence-electron chi connectivity index (χ1n) is 8.47. The molecule has 0 unspecified atom stereocenters. The minimum atomic E-state index is -0.710. The summed E-state index contributed by atoms with van der Waals surface area (Å²) in [5.74, 6) is -0.615. The number of urea groups is 1. The van der Waals surface area contributed by atoms with Gasteiger partial charge >= 0.3 is 6.03 Å². The number of amides is 4. The lowest BCUT2D eigenvalue weighted by atomic mass is 9.88. The summed E-state index contributed by atoms with van der Waals surface area (Å²) in [6.07, 6.45) is 3.09. The number of imide groups is 2. The Bertz CT molecular complexity index is 348. The Hall–Kier alpha value is -1.39. The third-order valence-corrected chi connectivity index (χ3v) is 4.69. The monoisotopic (exact) mass is 312 g/mol. The fourth-order valence-corrected chi connectivity index (χ4v) is 2.70. The highest BCUT2D eigenvalue weighted by molar-refractivity contribution is 6.03. The maximum atomic E-state index is 12.1. The maximum absolute atomic E-state index is 12.1. The Morgan fingerprint density at radius 1 is 0.682 bits per heavy atom. The van der Waals surface area contributed by atoms with Crippen LogP contribution in [0.25, 0.3) is 0 Å². The van der Waals surface area contributed by atoms with E-state index in [0.717, 1.165) is 12.8 Å². The van der Waals surface area contributed by atoms with E-state index < -0.39 is 6.03 Å². The highest BCUT2D eigenvalue weighted by Crippen LogP contribution is 2.19. The van der Waals surface area contributed by atoms with Gasteiger partial charge in [0.05, 0.1) is 0 Å². The predicted molar refractivity (Wildman–Crippen MR) is 88.2 cm³/mol. The van der Waals surface area contributed by atoms with Gasteiger partial charge < -0.3 is 0 Å². The average Bonchev–Trinajstić information content (AvgIpc) is 2.47. The third-order valence-electron chi connectivity index (χ3n) is 4.69. The van der Waals surface area contributed by atoms with Crippen LogP contribution in [0.4, 0.5) is 4.79 Å². The molecule has 0 heterocycles. The molecule has 2 N–H and O–H groups in total. The molecule has 0 spiro atoms. The summed E-state index contributed by atoms with van der Waals surface area (Å²) in [5, 5.41) is 4.61. The molecule has 0 bridgehead atoms. The van der Waals surface area contributed by atoms with Crippen LogP contribution in [0.1, 0.15) is 67.2 Å². The molecule has 0 saturated heterocycles. The van der Waals surface area contributed by atoms with Gasteiger partial charge in [-0.3, -0.25) is 20.2 Å². The predicted octanol–water partition coefficient (Wildman–Crippen LogP) is 3.48. The second-order valence-corrected chi connectivity index (χ2v) is 6.11. The zero-order chi connectivity index (χ0) is 17.3. The molecular formula is C17H32N2O3. The first-order valence-corrected chi connectivity index (χ1v) is 8.47. The van der Waals surface area contributed by atoms with E-state index in [-0.39, 0.29) is 35.5 Å². The van der Waals surface area contributed by atoms with E-state index >= 15 is 0 Å². The molecule has 4 atom stereocenters. The lowest BCUT2D eigenvalue weighted by Gasteiger charge is -2.22. The largest absolute Gasteiger partial charge is 0.328 e. The fourth-order valence-electron chi connectivity index (χ4n) is 2.70. The topological polar surface area (TPSA) is 75.3 Å². The number of hydrogen-bond acceptors (Lipinski definition) is 3.